The van der Waals surface area contributed by atoms with Crippen LogP contribution >= 0.6 is 0 Å². The lowest BCUT2D eigenvalue weighted by Crippen LogP contribution is -2.47. The SMILES string of the molecule is CCOC(=O)c1ccc(NC(=O)C23CCC(C)(/C(=N/O)C2=O)C3(C)C)cc1. The topological polar surface area (TPSA) is 105 Å². The number of carbonyl (C=O) groups excluding carboxylic acids is 3. The van der Waals surface area contributed by atoms with Crippen molar-refractivity contribution in [1.82, 2.24) is 0 Å². The van der Waals surface area contributed by atoms with Crippen molar-refractivity contribution in [2.45, 2.75) is 40.5 Å². The van der Waals surface area contributed by atoms with Gasteiger partial charge in [-0.3, -0.25) is 9.59 Å². The van der Waals surface area contributed by atoms with Crippen LogP contribution in [0.1, 0.15) is 50.9 Å². The van der Waals surface area contributed by atoms with Crippen LogP contribution in [0, 0.1) is 16.2 Å². The van der Waals surface area contributed by atoms with Crippen LogP contribution in [0.2, 0.25) is 0 Å². The van der Waals surface area contributed by atoms with Crippen LogP contribution in [-0.4, -0.2) is 35.2 Å². The monoisotopic (exact) mass is 372 g/mol. The van der Waals surface area contributed by atoms with Gasteiger partial charge in [0.05, 0.1) is 12.2 Å². The number of fused-ring (bicyclic) bond motifs is 2. The molecular formula is C20H24N2O5. The molecule has 2 unspecified atom stereocenters. The second kappa shape index (κ2) is 6.18. The highest BCUT2D eigenvalue weighted by Crippen LogP contribution is 2.69. The summed E-state index contributed by atoms with van der Waals surface area (Å²) in [6.07, 6.45) is 1.00. The number of carbonyl (C=O) groups is 3. The van der Waals surface area contributed by atoms with E-state index in [1.165, 1.54) is 0 Å². The standard InChI is InChI=1S/C20H24N2O5/c1-5-27-16(24)12-6-8-13(9-7-12)21-17(25)20-11-10-19(4,18(20,2)3)14(22-26)15(20)23/h6-9,26H,5,10-11H2,1-4H3,(H,21,25)/b22-14+. The van der Waals surface area contributed by atoms with Gasteiger partial charge in [0.1, 0.15) is 11.1 Å². The molecule has 1 aromatic carbocycles. The number of nitrogens with one attached hydrogen (secondary N) is 1. The number of rotatable bonds is 4. The first kappa shape index (κ1) is 19.1. The number of nitrogens with zero attached hydrogens (tertiary/aromatic N) is 1. The zero-order chi connectivity index (χ0) is 20.0. The summed E-state index contributed by atoms with van der Waals surface area (Å²) in [5.74, 6) is -1.26. The molecule has 2 aliphatic rings. The van der Waals surface area contributed by atoms with E-state index in [9.17, 15) is 19.6 Å². The lowest BCUT2D eigenvalue weighted by molar-refractivity contribution is -0.140. The largest absolute Gasteiger partial charge is 0.462 e. The molecule has 2 atom stereocenters. The lowest BCUT2D eigenvalue weighted by Gasteiger charge is -2.37. The smallest absolute Gasteiger partial charge is 0.338 e. The van der Waals surface area contributed by atoms with E-state index < -0.39 is 33.9 Å². The average molecular weight is 372 g/mol. The van der Waals surface area contributed by atoms with Gasteiger partial charge in [0.2, 0.25) is 5.91 Å². The van der Waals surface area contributed by atoms with E-state index in [4.69, 9.17) is 4.74 Å². The molecule has 0 saturated heterocycles. The maximum atomic E-state index is 13.2. The number of ether oxygens (including phenoxy) is 1. The molecule has 2 fully saturated rings. The molecule has 0 aliphatic heterocycles. The zero-order valence-electron chi connectivity index (χ0n) is 16.0. The van der Waals surface area contributed by atoms with Gasteiger partial charge in [-0.1, -0.05) is 25.9 Å². The highest BCUT2D eigenvalue weighted by atomic mass is 16.5. The third kappa shape index (κ3) is 2.33. The van der Waals surface area contributed by atoms with Crippen molar-refractivity contribution in [2.24, 2.45) is 21.4 Å². The Morgan fingerprint density at radius 2 is 1.81 bits per heavy atom. The number of amides is 1. The molecular weight excluding hydrogens is 348 g/mol. The highest BCUT2D eigenvalue weighted by Gasteiger charge is 2.76. The molecule has 2 bridgehead atoms. The minimum Gasteiger partial charge on any atom is -0.462 e. The third-order valence-corrected chi connectivity index (χ3v) is 6.71. The van der Waals surface area contributed by atoms with Crippen molar-refractivity contribution in [1.29, 1.82) is 0 Å². The molecule has 0 spiro atoms. The molecule has 1 amide bonds. The summed E-state index contributed by atoms with van der Waals surface area (Å²) in [5, 5.41) is 15.4. The molecule has 7 nitrogen and oxygen atoms in total. The number of anilines is 1. The Bertz CT molecular complexity index is 842. The Hall–Kier alpha value is -2.70. The summed E-state index contributed by atoms with van der Waals surface area (Å²) in [4.78, 5) is 37.9. The molecule has 7 heteroatoms. The molecule has 3 rings (SSSR count). The van der Waals surface area contributed by atoms with Crippen LogP contribution in [0.4, 0.5) is 5.69 Å². The molecule has 2 saturated carbocycles. The number of hydrogen-bond donors (Lipinski definition) is 2. The van der Waals surface area contributed by atoms with Gasteiger partial charge >= 0.3 is 5.97 Å². The van der Waals surface area contributed by atoms with Crippen LogP contribution in [0.15, 0.2) is 29.4 Å². The predicted molar refractivity (Wildman–Crippen MR) is 98.8 cm³/mol. The van der Waals surface area contributed by atoms with E-state index in [0.717, 1.165) is 0 Å². The van der Waals surface area contributed by atoms with Crippen molar-refractivity contribution >= 4 is 29.1 Å². The van der Waals surface area contributed by atoms with E-state index in [1.807, 2.05) is 20.8 Å². The molecule has 27 heavy (non-hydrogen) atoms. The molecule has 2 N–H and O–H groups in total. The first-order valence-electron chi connectivity index (χ1n) is 9.01. The fraction of sp³-hybridized carbons (Fsp3) is 0.500. The van der Waals surface area contributed by atoms with Gasteiger partial charge in [-0.05, 0) is 49.4 Å². The van der Waals surface area contributed by atoms with Gasteiger partial charge in [-0.2, -0.15) is 0 Å². The summed E-state index contributed by atoms with van der Waals surface area (Å²) in [5.41, 5.74) is -1.67. The van der Waals surface area contributed by atoms with Crippen LogP contribution in [0.5, 0.6) is 0 Å². The first-order chi connectivity index (χ1) is 12.7. The van der Waals surface area contributed by atoms with Crippen molar-refractivity contribution in [3.8, 4) is 0 Å². The van der Waals surface area contributed by atoms with E-state index in [1.54, 1.807) is 31.2 Å². The van der Waals surface area contributed by atoms with Gasteiger partial charge in [0.25, 0.3) is 0 Å². The second-order valence-corrected chi connectivity index (χ2v) is 7.89. The number of esters is 1. The van der Waals surface area contributed by atoms with Crippen LogP contribution in [-0.2, 0) is 14.3 Å². The molecule has 144 valence electrons. The van der Waals surface area contributed by atoms with E-state index >= 15 is 0 Å². The fourth-order valence-corrected chi connectivity index (χ4v) is 4.60. The van der Waals surface area contributed by atoms with E-state index in [-0.39, 0.29) is 12.3 Å². The van der Waals surface area contributed by atoms with Gasteiger partial charge in [0, 0.05) is 11.1 Å². The quantitative estimate of drug-likeness (QED) is 0.366. The summed E-state index contributed by atoms with van der Waals surface area (Å²) >= 11 is 0. The minimum atomic E-state index is -1.27. The third-order valence-electron chi connectivity index (χ3n) is 6.71. The summed E-state index contributed by atoms with van der Waals surface area (Å²) < 4.78 is 4.94. The van der Waals surface area contributed by atoms with Crippen LogP contribution < -0.4 is 5.32 Å². The summed E-state index contributed by atoms with van der Waals surface area (Å²) in [6.45, 7) is 7.63. The lowest BCUT2D eigenvalue weighted by atomic mass is 9.64. The maximum absolute atomic E-state index is 13.2. The Labute approximate surface area is 157 Å². The van der Waals surface area contributed by atoms with Gasteiger partial charge in [-0.25, -0.2) is 4.79 Å². The van der Waals surface area contributed by atoms with Crippen molar-refractivity contribution in [2.75, 3.05) is 11.9 Å². The van der Waals surface area contributed by atoms with Gasteiger partial charge in [0.15, 0.2) is 5.78 Å². The number of Topliss-reactive ketones (excluding diaryl/α,β-unsaturated/α-hetero) is 1. The van der Waals surface area contributed by atoms with Crippen molar-refractivity contribution in [3.05, 3.63) is 29.8 Å². The zero-order valence-corrected chi connectivity index (χ0v) is 16.0. The van der Waals surface area contributed by atoms with Gasteiger partial charge < -0.3 is 15.3 Å². The van der Waals surface area contributed by atoms with Crippen LogP contribution in [0.3, 0.4) is 0 Å². The molecule has 1 aromatic rings. The molecule has 2 aliphatic carbocycles. The minimum absolute atomic E-state index is 0.0755. The Morgan fingerprint density at radius 3 is 2.33 bits per heavy atom. The van der Waals surface area contributed by atoms with Gasteiger partial charge in [-0.15, -0.1) is 0 Å². The normalized spacial score (nSPS) is 29.8. The first-order valence-corrected chi connectivity index (χ1v) is 9.01. The average Bonchev–Trinajstić information content (AvgIpc) is 2.90. The van der Waals surface area contributed by atoms with E-state index in [2.05, 4.69) is 10.5 Å². The highest BCUT2D eigenvalue weighted by molar-refractivity contribution is 6.51. The number of benzene rings is 1. The Kier molecular flexibility index (Phi) is 4.37. The summed E-state index contributed by atoms with van der Waals surface area (Å²) in [7, 11) is 0. The fourth-order valence-electron chi connectivity index (χ4n) is 4.60. The number of hydrogen-bond acceptors (Lipinski definition) is 6. The number of oxime groups is 1. The van der Waals surface area contributed by atoms with Crippen LogP contribution in [0.25, 0.3) is 0 Å². The predicted octanol–water partition coefficient (Wildman–Crippen LogP) is 3.03. The molecule has 0 aromatic heterocycles. The Morgan fingerprint density at radius 1 is 1.19 bits per heavy atom. The molecule has 0 heterocycles. The summed E-state index contributed by atoms with van der Waals surface area (Å²) in [6, 6.07) is 6.32. The molecule has 0 radical (unpaired) electrons. The Balaban J connectivity index is 1.88. The van der Waals surface area contributed by atoms with E-state index in [0.29, 0.717) is 24.1 Å². The second-order valence-electron chi connectivity index (χ2n) is 7.89. The van der Waals surface area contributed by atoms with Crippen molar-refractivity contribution < 1.29 is 24.3 Å². The maximum Gasteiger partial charge on any atom is 0.338 e. The van der Waals surface area contributed by atoms with Crippen molar-refractivity contribution in [3.63, 3.8) is 0 Å². The number of ketones is 1.